The maximum Gasteiger partial charge on any atom is 0.257 e. The molecule has 5 heteroatoms. The molecule has 0 fully saturated rings. The van der Waals surface area contributed by atoms with Crippen LogP contribution in [-0.2, 0) is 4.79 Å². The molecule has 0 atom stereocenters. The second kappa shape index (κ2) is 5.86. The van der Waals surface area contributed by atoms with E-state index in [9.17, 15) is 14.0 Å². The molecule has 0 aliphatic carbocycles. The Morgan fingerprint density at radius 1 is 1.25 bits per heavy atom. The van der Waals surface area contributed by atoms with Crippen molar-refractivity contribution in [2.75, 3.05) is 27.2 Å². The molecule has 2 rings (SSSR count). The number of likely N-dealkylation sites (N-methyl/N-ethyl adjacent to an activating group) is 1. The van der Waals surface area contributed by atoms with Crippen molar-refractivity contribution in [2.45, 2.75) is 6.42 Å². The quantitative estimate of drug-likeness (QED) is 0.824. The van der Waals surface area contributed by atoms with Gasteiger partial charge in [0.25, 0.3) is 5.91 Å². The molecule has 0 N–H and O–H groups in total. The smallest absolute Gasteiger partial charge is 0.257 e. The van der Waals surface area contributed by atoms with E-state index in [0.29, 0.717) is 25.1 Å². The lowest BCUT2D eigenvalue weighted by Gasteiger charge is -2.27. The monoisotopic (exact) mass is 276 g/mol. The number of benzene rings is 1. The summed E-state index contributed by atoms with van der Waals surface area (Å²) in [6.07, 6.45) is 2.24. The van der Waals surface area contributed by atoms with Crippen LogP contribution >= 0.6 is 0 Å². The molecular weight excluding hydrogens is 259 g/mol. The van der Waals surface area contributed by atoms with E-state index in [0.717, 1.165) is 0 Å². The van der Waals surface area contributed by atoms with Gasteiger partial charge in [0, 0.05) is 32.8 Å². The lowest BCUT2D eigenvalue weighted by Crippen LogP contribution is -2.37. The Morgan fingerprint density at radius 3 is 2.50 bits per heavy atom. The van der Waals surface area contributed by atoms with Crippen molar-refractivity contribution < 1.29 is 14.0 Å². The zero-order valence-corrected chi connectivity index (χ0v) is 11.6. The van der Waals surface area contributed by atoms with Crippen LogP contribution in [-0.4, -0.2) is 48.8 Å². The predicted octanol–water partition coefficient (Wildman–Crippen LogP) is 1.69. The van der Waals surface area contributed by atoms with Gasteiger partial charge in [-0.2, -0.15) is 0 Å². The van der Waals surface area contributed by atoms with E-state index in [1.165, 1.54) is 17.0 Å². The first-order chi connectivity index (χ1) is 9.50. The molecule has 0 radical (unpaired) electrons. The number of halogens is 1. The van der Waals surface area contributed by atoms with E-state index in [1.807, 2.05) is 0 Å². The molecule has 1 aliphatic rings. The highest BCUT2D eigenvalue weighted by Gasteiger charge is 2.23. The average Bonchev–Trinajstić information content (AvgIpc) is 2.46. The van der Waals surface area contributed by atoms with Crippen LogP contribution in [0.5, 0.6) is 0 Å². The highest BCUT2D eigenvalue weighted by Crippen LogP contribution is 2.16. The van der Waals surface area contributed by atoms with Crippen LogP contribution in [0.3, 0.4) is 0 Å². The fraction of sp³-hybridized carbons (Fsp3) is 0.333. The minimum Gasteiger partial charge on any atom is -0.345 e. The Hall–Kier alpha value is -2.17. The van der Waals surface area contributed by atoms with E-state index >= 15 is 0 Å². The fourth-order valence-corrected chi connectivity index (χ4v) is 2.14. The van der Waals surface area contributed by atoms with Gasteiger partial charge in [0.2, 0.25) is 5.91 Å². The molecule has 20 heavy (non-hydrogen) atoms. The number of carbonyl (C=O) groups is 2. The highest BCUT2D eigenvalue weighted by atomic mass is 19.1. The summed E-state index contributed by atoms with van der Waals surface area (Å²) >= 11 is 0. The lowest BCUT2D eigenvalue weighted by atomic mass is 10.1. The zero-order valence-electron chi connectivity index (χ0n) is 11.6. The van der Waals surface area contributed by atoms with Crippen molar-refractivity contribution in [2.24, 2.45) is 0 Å². The molecule has 0 unspecified atom stereocenters. The molecule has 1 aromatic carbocycles. The van der Waals surface area contributed by atoms with E-state index < -0.39 is 5.82 Å². The van der Waals surface area contributed by atoms with Gasteiger partial charge < -0.3 is 9.80 Å². The molecule has 0 bridgehead atoms. The van der Waals surface area contributed by atoms with Crippen LogP contribution in [0.25, 0.3) is 0 Å². The van der Waals surface area contributed by atoms with Crippen molar-refractivity contribution in [1.29, 1.82) is 0 Å². The van der Waals surface area contributed by atoms with Crippen LogP contribution in [0.4, 0.5) is 4.39 Å². The minimum atomic E-state index is -0.517. The summed E-state index contributed by atoms with van der Waals surface area (Å²) in [4.78, 5) is 27.0. The lowest BCUT2D eigenvalue weighted by molar-refractivity contribution is -0.125. The molecule has 4 nitrogen and oxygen atoms in total. The normalized spacial score (nSPS) is 14.8. The Kier molecular flexibility index (Phi) is 4.17. The Labute approximate surface area is 117 Å². The third kappa shape index (κ3) is 2.87. The summed E-state index contributed by atoms with van der Waals surface area (Å²) in [6, 6.07) is 5.93. The predicted molar refractivity (Wildman–Crippen MR) is 73.7 cm³/mol. The van der Waals surface area contributed by atoms with E-state index in [1.54, 1.807) is 37.2 Å². The molecule has 1 heterocycles. The first-order valence-corrected chi connectivity index (χ1v) is 6.45. The second-order valence-electron chi connectivity index (χ2n) is 4.91. The molecule has 0 saturated heterocycles. The summed E-state index contributed by atoms with van der Waals surface area (Å²) in [6.45, 7) is 0.765. The number of hydrogen-bond acceptors (Lipinski definition) is 2. The van der Waals surface area contributed by atoms with Crippen molar-refractivity contribution in [3.05, 3.63) is 47.3 Å². The first kappa shape index (κ1) is 14.2. The minimum absolute atomic E-state index is 0.0389. The van der Waals surface area contributed by atoms with Crippen LogP contribution in [0, 0.1) is 5.82 Å². The van der Waals surface area contributed by atoms with Crippen LogP contribution in [0.1, 0.15) is 16.8 Å². The molecule has 0 aromatic heterocycles. The summed E-state index contributed by atoms with van der Waals surface area (Å²) in [7, 11) is 3.39. The molecule has 0 saturated carbocycles. The van der Waals surface area contributed by atoms with Gasteiger partial charge in [-0.25, -0.2) is 4.39 Å². The molecular formula is C15H17FN2O2. The Balaban J connectivity index is 2.09. The summed E-state index contributed by atoms with van der Waals surface area (Å²) in [5, 5.41) is 0. The van der Waals surface area contributed by atoms with Gasteiger partial charge in [0.1, 0.15) is 5.82 Å². The molecule has 106 valence electrons. The van der Waals surface area contributed by atoms with Gasteiger partial charge >= 0.3 is 0 Å². The molecule has 1 aromatic rings. The topological polar surface area (TPSA) is 40.6 Å². The number of nitrogens with zero attached hydrogens (tertiary/aromatic N) is 2. The molecule has 2 amide bonds. The highest BCUT2D eigenvalue weighted by molar-refractivity contribution is 5.96. The Morgan fingerprint density at radius 2 is 1.95 bits per heavy atom. The van der Waals surface area contributed by atoms with Gasteiger partial charge in [0.05, 0.1) is 5.56 Å². The SMILES string of the molecule is CN(C)C(=O)C1=CCN(C(=O)c2ccccc2F)CC1. The van der Waals surface area contributed by atoms with Crippen LogP contribution in [0.15, 0.2) is 35.9 Å². The van der Waals surface area contributed by atoms with Gasteiger partial charge in [-0.1, -0.05) is 18.2 Å². The summed E-state index contributed by atoms with van der Waals surface area (Å²) in [5.41, 5.74) is 0.774. The third-order valence-electron chi connectivity index (χ3n) is 3.28. The van der Waals surface area contributed by atoms with Crippen molar-refractivity contribution in [1.82, 2.24) is 9.80 Å². The number of amides is 2. The van der Waals surface area contributed by atoms with Gasteiger partial charge in [-0.15, -0.1) is 0 Å². The van der Waals surface area contributed by atoms with E-state index in [2.05, 4.69) is 0 Å². The van der Waals surface area contributed by atoms with Crippen LogP contribution < -0.4 is 0 Å². The standard InChI is InChI=1S/C15H17FN2O2/c1-17(2)14(19)11-7-9-18(10-8-11)15(20)12-5-3-4-6-13(12)16/h3-7H,8-10H2,1-2H3. The van der Waals surface area contributed by atoms with Gasteiger partial charge in [0.15, 0.2) is 0 Å². The number of hydrogen-bond donors (Lipinski definition) is 0. The second-order valence-corrected chi connectivity index (χ2v) is 4.91. The molecule has 0 spiro atoms. The van der Waals surface area contributed by atoms with Crippen molar-refractivity contribution in [3.8, 4) is 0 Å². The maximum absolute atomic E-state index is 13.6. The zero-order chi connectivity index (χ0) is 14.7. The third-order valence-corrected chi connectivity index (χ3v) is 3.28. The molecule has 1 aliphatic heterocycles. The largest absolute Gasteiger partial charge is 0.345 e. The number of rotatable bonds is 2. The first-order valence-electron chi connectivity index (χ1n) is 6.45. The average molecular weight is 276 g/mol. The van der Waals surface area contributed by atoms with Crippen molar-refractivity contribution in [3.63, 3.8) is 0 Å². The number of carbonyl (C=O) groups excluding carboxylic acids is 2. The summed E-state index contributed by atoms with van der Waals surface area (Å²) in [5.74, 6) is -0.893. The maximum atomic E-state index is 13.6. The van der Waals surface area contributed by atoms with E-state index in [4.69, 9.17) is 0 Å². The Bertz CT molecular complexity index is 567. The van der Waals surface area contributed by atoms with E-state index in [-0.39, 0.29) is 17.4 Å². The summed E-state index contributed by atoms with van der Waals surface area (Å²) < 4.78 is 13.6. The van der Waals surface area contributed by atoms with Crippen LogP contribution in [0.2, 0.25) is 0 Å². The van der Waals surface area contributed by atoms with Gasteiger partial charge in [-0.3, -0.25) is 9.59 Å². The van der Waals surface area contributed by atoms with Gasteiger partial charge in [-0.05, 0) is 18.6 Å². The van der Waals surface area contributed by atoms with Crippen molar-refractivity contribution >= 4 is 11.8 Å². The fourth-order valence-electron chi connectivity index (χ4n) is 2.14.